The third-order valence-electron chi connectivity index (χ3n) is 6.00. The molecule has 1 amide bonds. The molecule has 8 nitrogen and oxygen atoms in total. The van der Waals surface area contributed by atoms with Crippen LogP contribution in [0.25, 0.3) is 0 Å². The van der Waals surface area contributed by atoms with Gasteiger partial charge in [-0.2, -0.15) is 0 Å². The Labute approximate surface area is 159 Å². The van der Waals surface area contributed by atoms with Crippen molar-refractivity contribution in [2.75, 3.05) is 6.54 Å². The normalized spacial score (nSPS) is 28.5. The number of aliphatic hydroxyl groups excluding tert-OH is 1. The van der Waals surface area contributed by atoms with Crippen LogP contribution < -0.4 is 16.4 Å². The number of hydrogen-bond acceptors (Lipinski definition) is 6. The lowest BCUT2D eigenvalue weighted by atomic mass is 9.81. The molecule has 1 saturated heterocycles. The van der Waals surface area contributed by atoms with E-state index in [-0.39, 0.29) is 11.9 Å². The number of rotatable bonds is 7. The Morgan fingerprint density at radius 1 is 1.41 bits per heavy atom. The number of aliphatic carboxylic acids is 1. The van der Waals surface area contributed by atoms with Crippen LogP contribution in [0.2, 0.25) is 0 Å². The molecule has 2 heterocycles. The van der Waals surface area contributed by atoms with Gasteiger partial charge in [-0.3, -0.25) is 15.0 Å². The summed E-state index contributed by atoms with van der Waals surface area (Å²) in [7, 11) is 0. The Balaban J connectivity index is 1.62. The Morgan fingerprint density at radius 3 is 2.74 bits per heavy atom. The molecule has 8 heteroatoms. The summed E-state index contributed by atoms with van der Waals surface area (Å²) in [4.78, 5) is 25.4. The molecule has 150 valence electrons. The molecule has 6 N–H and O–H groups in total. The average Bonchev–Trinajstić information content (AvgIpc) is 2.64. The van der Waals surface area contributed by atoms with Gasteiger partial charge in [0.25, 0.3) is 0 Å². The first-order chi connectivity index (χ1) is 12.9. The Hall–Kier alpha value is -2.06. The number of carboxylic acid groups (broad SMARTS) is 1. The number of carbonyl (C=O) groups excluding carboxylic acids is 1. The first kappa shape index (κ1) is 19.7. The van der Waals surface area contributed by atoms with Gasteiger partial charge in [-0.15, -0.1) is 0 Å². The van der Waals surface area contributed by atoms with E-state index >= 15 is 0 Å². The minimum absolute atomic E-state index is 0.0245. The molecule has 2 fully saturated rings. The predicted molar refractivity (Wildman–Crippen MR) is 99.9 cm³/mol. The lowest BCUT2D eigenvalue weighted by Gasteiger charge is -2.48. The number of nitrogens with zero attached hydrogens (tertiary/aromatic N) is 1. The first-order valence-corrected chi connectivity index (χ1v) is 9.77. The number of likely N-dealkylation sites (tertiary alicyclic amines) is 1. The molecule has 2 aliphatic heterocycles. The maximum atomic E-state index is 12.6. The quantitative estimate of drug-likeness (QED) is 0.321. The summed E-state index contributed by atoms with van der Waals surface area (Å²) >= 11 is 0. The topological polar surface area (TPSA) is 128 Å². The number of nitrogens with one attached hydrogen (secondary N) is 2. The zero-order valence-corrected chi connectivity index (χ0v) is 15.7. The van der Waals surface area contributed by atoms with Crippen LogP contribution in [0.4, 0.5) is 0 Å². The van der Waals surface area contributed by atoms with Gasteiger partial charge in [0.15, 0.2) is 6.35 Å². The number of carbonyl (C=O) groups is 2. The fraction of sp³-hybridized carbons (Fsp3) is 0.684. The van der Waals surface area contributed by atoms with E-state index in [4.69, 9.17) is 5.73 Å². The highest BCUT2D eigenvalue weighted by molar-refractivity contribution is 5.96. The molecule has 0 aromatic carbocycles. The molecule has 0 radical (unpaired) electrons. The van der Waals surface area contributed by atoms with Gasteiger partial charge in [0.2, 0.25) is 5.91 Å². The van der Waals surface area contributed by atoms with E-state index in [1.165, 1.54) is 19.3 Å². The van der Waals surface area contributed by atoms with Crippen molar-refractivity contribution in [1.82, 2.24) is 15.5 Å². The van der Waals surface area contributed by atoms with E-state index in [1.807, 2.05) is 13.0 Å². The summed E-state index contributed by atoms with van der Waals surface area (Å²) in [5, 5.41) is 26.1. The van der Waals surface area contributed by atoms with Gasteiger partial charge in [-0.25, -0.2) is 4.79 Å². The minimum atomic E-state index is -1.28. The lowest BCUT2D eigenvalue weighted by molar-refractivity contribution is -0.191. The molecule has 3 unspecified atom stereocenters. The van der Waals surface area contributed by atoms with Crippen LogP contribution in [0.15, 0.2) is 23.5 Å². The van der Waals surface area contributed by atoms with Crippen molar-refractivity contribution in [3.63, 3.8) is 0 Å². The van der Waals surface area contributed by atoms with Crippen LogP contribution in [-0.4, -0.2) is 52.0 Å². The zero-order valence-electron chi connectivity index (χ0n) is 15.7. The maximum Gasteiger partial charge on any atom is 0.327 e. The van der Waals surface area contributed by atoms with Gasteiger partial charge < -0.3 is 21.3 Å². The first-order valence-electron chi connectivity index (χ1n) is 9.77. The summed E-state index contributed by atoms with van der Waals surface area (Å²) in [5.41, 5.74) is 6.58. The van der Waals surface area contributed by atoms with Gasteiger partial charge in [0.05, 0.1) is 11.7 Å². The van der Waals surface area contributed by atoms with Crippen LogP contribution in [0.1, 0.15) is 45.4 Å². The number of aliphatic hydroxyl groups is 1. The molecule has 27 heavy (non-hydrogen) atoms. The average molecular weight is 378 g/mol. The molecular formula is C19H30N4O4. The molecule has 1 saturated carbocycles. The van der Waals surface area contributed by atoms with Crippen molar-refractivity contribution in [3.05, 3.63) is 23.5 Å². The van der Waals surface area contributed by atoms with Crippen molar-refractivity contribution in [2.45, 2.75) is 63.9 Å². The number of hydrogen-bond donors (Lipinski definition) is 5. The van der Waals surface area contributed by atoms with Crippen LogP contribution in [0.3, 0.4) is 0 Å². The second-order valence-electron chi connectivity index (χ2n) is 7.83. The van der Waals surface area contributed by atoms with Crippen molar-refractivity contribution < 1.29 is 19.8 Å². The van der Waals surface area contributed by atoms with E-state index in [0.717, 1.165) is 23.3 Å². The molecule has 4 atom stereocenters. The molecule has 0 spiro atoms. The highest BCUT2D eigenvalue weighted by atomic mass is 16.4. The van der Waals surface area contributed by atoms with Crippen LogP contribution in [0.5, 0.6) is 0 Å². The summed E-state index contributed by atoms with van der Waals surface area (Å²) in [6.45, 7) is 2.55. The molecule has 3 aliphatic rings. The highest BCUT2D eigenvalue weighted by Gasteiger charge is 2.54. The summed E-state index contributed by atoms with van der Waals surface area (Å²) in [6, 6.07) is -1.01. The predicted octanol–water partition coefficient (Wildman–Crippen LogP) is 0.452. The monoisotopic (exact) mass is 378 g/mol. The standard InChI is InChI=1S/C19H30N4O4/c1-11(13-5-3-2-4-6-13)22-19(27)23-16(18(25)26)14(17(23)24)9-12-7-8-21-15(20)10-12/h7,10-11,13-14,16,19,21-22,27H,2-6,8-9,20H2,1H3,(H,25,26)/t11?,14-,16?,19?/m1/s1. The lowest BCUT2D eigenvalue weighted by Crippen LogP contribution is -2.71. The van der Waals surface area contributed by atoms with Gasteiger partial charge in [0, 0.05) is 12.6 Å². The second-order valence-corrected chi connectivity index (χ2v) is 7.83. The molecule has 3 rings (SSSR count). The Bertz CT molecular complexity index is 642. The van der Waals surface area contributed by atoms with Crippen LogP contribution in [-0.2, 0) is 9.59 Å². The van der Waals surface area contributed by atoms with E-state index < -0.39 is 24.3 Å². The van der Waals surface area contributed by atoms with Gasteiger partial charge >= 0.3 is 5.97 Å². The summed E-state index contributed by atoms with van der Waals surface area (Å²) < 4.78 is 0. The van der Waals surface area contributed by atoms with Gasteiger partial charge in [-0.1, -0.05) is 25.3 Å². The number of nitrogens with two attached hydrogens (primary N) is 1. The molecule has 0 aromatic heterocycles. The van der Waals surface area contributed by atoms with E-state index in [1.54, 1.807) is 6.08 Å². The largest absolute Gasteiger partial charge is 0.480 e. The fourth-order valence-electron chi connectivity index (χ4n) is 4.43. The van der Waals surface area contributed by atoms with Gasteiger partial charge in [0.1, 0.15) is 6.04 Å². The van der Waals surface area contributed by atoms with Crippen molar-refractivity contribution >= 4 is 11.9 Å². The van der Waals surface area contributed by atoms with E-state index in [9.17, 15) is 19.8 Å². The fourth-order valence-corrected chi connectivity index (χ4v) is 4.43. The highest BCUT2D eigenvalue weighted by Crippen LogP contribution is 2.34. The van der Waals surface area contributed by atoms with Crippen molar-refractivity contribution in [2.24, 2.45) is 17.6 Å². The number of allylic oxidation sites excluding steroid dienone is 2. The summed E-state index contributed by atoms with van der Waals surface area (Å²) in [6.07, 6.45) is 8.41. The maximum absolute atomic E-state index is 12.6. The molecule has 0 aromatic rings. The number of carboxylic acids is 1. The van der Waals surface area contributed by atoms with E-state index in [2.05, 4.69) is 10.6 Å². The molecular weight excluding hydrogens is 348 g/mol. The summed E-state index contributed by atoms with van der Waals surface area (Å²) in [5.74, 6) is -1.18. The second kappa shape index (κ2) is 8.31. The van der Waals surface area contributed by atoms with Gasteiger partial charge in [-0.05, 0) is 43.8 Å². The minimum Gasteiger partial charge on any atom is -0.480 e. The Morgan fingerprint density at radius 2 is 2.11 bits per heavy atom. The molecule has 0 bridgehead atoms. The molecule has 1 aliphatic carbocycles. The smallest absolute Gasteiger partial charge is 0.327 e. The SMILES string of the molecule is CC(NC(O)N1C(=O)[C@H](CC2=CCNC(N)=C2)C1C(=O)O)C1CCCCC1. The number of β-lactam (4-membered cyclic amide) rings is 1. The number of dihydropyridines is 1. The van der Waals surface area contributed by atoms with Crippen LogP contribution >= 0.6 is 0 Å². The van der Waals surface area contributed by atoms with Crippen LogP contribution in [0, 0.1) is 11.8 Å². The van der Waals surface area contributed by atoms with Crippen molar-refractivity contribution in [1.29, 1.82) is 0 Å². The van der Waals surface area contributed by atoms with Crippen molar-refractivity contribution in [3.8, 4) is 0 Å². The number of amides is 1. The zero-order chi connectivity index (χ0) is 19.6. The third kappa shape index (κ3) is 4.27. The Kier molecular flexibility index (Phi) is 6.06. The third-order valence-corrected chi connectivity index (χ3v) is 6.00. The van der Waals surface area contributed by atoms with E-state index in [0.29, 0.717) is 24.7 Å².